The van der Waals surface area contributed by atoms with E-state index in [-0.39, 0.29) is 6.04 Å². The van der Waals surface area contributed by atoms with Crippen LogP contribution in [0.4, 0.5) is 19.0 Å². The van der Waals surface area contributed by atoms with Gasteiger partial charge in [0.1, 0.15) is 5.82 Å². The molecular formula is C15H22F3N3. The van der Waals surface area contributed by atoms with Crippen LogP contribution in [0.25, 0.3) is 0 Å². The molecule has 1 saturated heterocycles. The summed E-state index contributed by atoms with van der Waals surface area (Å²) in [7, 11) is 0. The minimum absolute atomic E-state index is 0.102. The van der Waals surface area contributed by atoms with Gasteiger partial charge < -0.3 is 10.2 Å². The lowest BCUT2D eigenvalue weighted by Gasteiger charge is -2.34. The van der Waals surface area contributed by atoms with Gasteiger partial charge in [0.05, 0.1) is 5.56 Å². The molecule has 1 fully saturated rings. The van der Waals surface area contributed by atoms with E-state index >= 15 is 0 Å². The van der Waals surface area contributed by atoms with Gasteiger partial charge in [-0.3, -0.25) is 0 Å². The van der Waals surface area contributed by atoms with Gasteiger partial charge in [0.15, 0.2) is 0 Å². The van der Waals surface area contributed by atoms with Crippen molar-refractivity contribution in [2.45, 2.75) is 51.4 Å². The highest BCUT2D eigenvalue weighted by Gasteiger charge is 2.31. The Morgan fingerprint density at radius 1 is 1.38 bits per heavy atom. The Morgan fingerprint density at radius 2 is 2.14 bits per heavy atom. The van der Waals surface area contributed by atoms with Gasteiger partial charge >= 0.3 is 6.18 Å². The van der Waals surface area contributed by atoms with Gasteiger partial charge in [-0.05, 0) is 45.4 Å². The molecule has 1 aromatic heterocycles. The highest BCUT2D eigenvalue weighted by Crippen LogP contribution is 2.31. The van der Waals surface area contributed by atoms with E-state index in [9.17, 15) is 13.2 Å². The van der Waals surface area contributed by atoms with Crippen LogP contribution in [-0.4, -0.2) is 30.2 Å². The van der Waals surface area contributed by atoms with Crippen molar-refractivity contribution in [3.05, 3.63) is 23.9 Å². The Morgan fingerprint density at radius 3 is 2.71 bits per heavy atom. The van der Waals surface area contributed by atoms with E-state index < -0.39 is 11.7 Å². The second-order valence-corrected chi connectivity index (χ2v) is 5.79. The summed E-state index contributed by atoms with van der Waals surface area (Å²) in [6.45, 7) is 5.62. The van der Waals surface area contributed by atoms with E-state index in [0.29, 0.717) is 18.4 Å². The van der Waals surface area contributed by atoms with Crippen molar-refractivity contribution in [1.82, 2.24) is 10.3 Å². The third-order valence-corrected chi connectivity index (χ3v) is 3.82. The number of halogens is 3. The van der Waals surface area contributed by atoms with Crippen molar-refractivity contribution in [2.24, 2.45) is 0 Å². The predicted molar refractivity (Wildman–Crippen MR) is 77.4 cm³/mol. The van der Waals surface area contributed by atoms with Crippen LogP contribution >= 0.6 is 0 Å². The van der Waals surface area contributed by atoms with Gasteiger partial charge in [0.25, 0.3) is 0 Å². The molecule has 1 aliphatic rings. The molecule has 2 heterocycles. The summed E-state index contributed by atoms with van der Waals surface area (Å²) in [6.07, 6.45) is 0.299. The Hall–Kier alpha value is -1.30. The minimum Gasteiger partial charge on any atom is -0.353 e. The summed E-state index contributed by atoms with van der Waals surface area (Å²) in [6, 6.07) is 2.58. The van der Waals surface area contributed by atoms with E-state index in [4.69, 9.17) is 0 Å². The van der Waals surface area contributed by atoms with E-state index in [1.54, 1.807) is 0 Å². The fraction of sp³-hybridized carbons (Fsp3) is 0.667. The predicted octanol–water partition coefficient (Wildman–Crippen LogP) is 3.46. The third kappa shape index (κ3) is 4.33. The second-order valence-electron chi connectivity index (χ2n) is 5.79. The summed E-state index contributed by atoms with van der Waals surface area (Å²) in [5.74, 6) is 0.396. The van der Waals surface area contributed by atoms with Crippen molar-refractivity contribution in [3.8, 4) is 0 Å². The first-order valence-corrected chi connectivity index (χ1v) is 7.41. The first-order chi connectivity index (χ1) is 9.88. The summed E-state index contributed by atoms with van der Waals surface area (Å²) in [5, 5.41) is 3.43. The van der Waals surface area contributed by atoms with Crippen LogP contribution in [0.2, 0.25) is 0 Å². The fourth-order valence-corrected chi connectivity index (χ4v) is 2.64. The lowest BCUT2D eigenvalue weighted by molar-refractivity contribution is -0.137. The van der Waals surface area contributed by atoms with Gasteiger partial charge in [-0.15, -0.1) is 0 Å². The molecule has 1 aliphatic heterocycles. The molecule has 1 N–H and O–H groups in total. The Labute approximate surface area is 123 Å². The van der Waals surface area contributed by atoms with Crippen LogP contribution < -0.4 is 10.2 Å². The molecule has 3 nitrogen and oxygen atoms in total. The van der Waals surface area contributed by atoms with Gasteiger partial charge in [-0.25, -0.2) is 4.98 Å². The molecule has 1 unspecified atom stereocenters. The number of nitrogens with zero attached hydrogens (tertiary/aromatic N) is 2. The maximum atomic E-state index is 12.8. The fourth-order valence-electron chi connectivity index (χ4n) is 2.64. The smallest absolute Gasteiger partial charge is 0.353 e. The van der Waals surface area contributed by atoms with Crippen LogP contribution in [-0.2, 0) is 6.18 Å². The van der Waals surface area contributed by atoms with Gasteiger partial charge in [-0.2, -0.15) is 13.2 Å². The number of rotatable bonds is 4. The Bertz CT molecular complexity index is 454. The highest BCUT2D eigenvalue weighted by molar-refractivity contribution is 5.43. The zero-order chi connectivity index (χ0) is 15.5. The number of hydrogen-bond acceptors (Lipinski definition) is 3. The van der Waals surface area contributed by atoms with E-state index in [1.165, 1.54) is 19.0 Å². The van der Waals surface area contributed by atoms with Crippen LogP contribution in [0.3, 0.4) is 0 Å². The number of hydrogen-bond donors (Lipinski definition) is 1. The zero-order valence-electron chi connectivity index (χ0n) is 12.5. The highest BCUT2D eigenvalue weighted by atomic mass is 19.4. The molecule has 1 aromatic rings. The van der Waals surface area contributed by atoms with Gasteiger partial charge in [0.2, 0.25) is 0 Å². The van der Waals surface area contributed by atoms with Crippen molar-refractivity contribution in [3.63, 3.8) is 0 Å². The van der Waals surface area contributed by atoms with Crippen molar-refractivity contribution >= 4 is 5.82 Å². The molecule has 0 aliphatic carbocycles. The molecule has 118 valence electrons. The first kappa shape index (κ1) is 16.1. The van der Waals surface area contributed by atoms with E-state index in [0.717, 1.165) is 25.1 Å². The van der Waals surface area contributed by atoms with Crippen molar-refractivity contribution in [1.29, 1.82) is 0 Å². The quantitative estimate of drug-likeness (QED) is 0.923. The molecule has 0 aromatic carbocycles. The largest absolute Gasteiger partial charge is 0.416 e. The number of nitrogens with one attached hydrogen (secondary N) is 1. The molecule has 21 heavy (non-hydrogen) atoms. The maximum Gasteiger partial charge on any atom is 0.416 e. The molecule has 0 spiro atoms. The number of aromatic nitrogens is 1. The normalized spacial score (nSPS) is 19.8. The van der Waals surface area contributed by atoms with Crippen LogP contribution in [0, 0.1) is 0 Å². The third-order valence-electron chi connectivity index (χ3n) is 3.82. The zero-order valence-corrected chi connectivity index (χ0v) is 12.5. The second kappa shape index (κ2) is 6.64. The molecule has 0 bridgehead atoms. The lowest BCUT2D eigenvalue weighted by atomic mass is 10.0. The molecular weight excluding hydrogens is 279 g/mol. The van der Waals surface area contributed by atoms with Crippen LogP contribution in [0.1, 0.15) is 38.7 Å². The lowest BCUT2D eigenvalue weighted by Crippen LogP contribution is -2.46. The molecule has 1 atom stereocenters. The molecule has 0 amide bonds. The molecule has 0 saturated carbocycles. The van der Waals surface area contributed by atoms with Crippen LogP contribution in [0.5, 0.6) is 0 Å². The number of pyridine rings is 1. The summed E-state index contributed by atoms with van der Waals surface area (Å²) in [4.78, 5) is 6.08. The number of alkyl halides is 3. The van der Waals surface area contributed by atoms with Crippen molar-refractivity contribution in [2.75, 3.05) is 18.0 Å². The topological polar surface area (TPSA) is 28.2 Å². The average Bonchev–Trinajstić information content (AvgIpc) is 2.45. The van der Waals surface area contributed by atoms with Crippen LogP contribution in [0.15, 0.2) is 18.3 Å². The van der Waals surface area contributed by atoms with E-state index in [1.807, 2.05) is 18.7 Å². The van der Waals surface area contributed by atoms with Crippen molar-refractivity contribution < 1.29 is 13.2 Å². The summed E-state index contributed by atoms with van der Waals surface area (Å²) < 4.78 is 38.5. The van der Waals surface area contributed by atoms with Gasteiger partial charge in [-0.1, -0.05) is 6.42 Å². The Balaban J connectivity index is 2.17. The SMILES string of the molecule is CC(C)N(CC1CCCCN1)c1cc(C(F)(F)F)ccn1. The first-order valence-electron chi connectivity index (χ1n) is 7.41. The number of anilines is 1. The summed E-state index contributed by atoms with van der Waals surface area (Å²) in [5.41, 5.74) is -0.644. The standard InChI is InChI=1S/C15H22F3N3/c1-11(2)21(10-13-5-3-4-7-19-13)14-9-12(6-8-20-14)15(16,17)18/h6,8-9,11,13,19H,3-5,7,10H2,1-2H3. The molecule has 0 radical (unpaired) electrons. The maximum absolute atomic E-state index is 12.8. The molecule has 2 rings (SSSR count). The van der Waals surface area contributed by atoms with Gasteiger partial charge in [0, 0.05) is 24.8 Å². The van der Waals surface area contributed by atoms with E-state index in [2.05, 4.69) is 10.3 Å². The summed E-state index contributed by atoms with van der Waals surface area (Å²) >= 11 is 0. The minimum atomic E-state index is -4.33. The number of piperidine rings is 1. The average molecular weight is 301 g/mol. The monoisotopic (exact) mass is 301 g/mol. The molecule has 6 heteroatoms. The Kier molecular flexibility index (Phi) is 5.08.